The van der Waals surface area contributed by atoms with E-state index in [9.17, 15) is 13.2 Å². The lowest BCUT2D eigenvalue weighted by Gasteiger charge is -2.04. The summed E-state index contributed by atoms with van der Waals surface area (Å²) < 4.78 is 36.4. The summed E-state index contributed by atoms with van der Waals surface area (Å²) >= 11 is 0. The molecule has 0 aromatic carbocycles. The molecule has 2 aromatic rings. The number of hydrogen-bond acceptors (Lipinski definition) is 3. The number of rotatable bonds is 1. The Morgan fingerprint density at radius 3 is 2.40 bits per heavy atom. The third-order valence-corrected chi connectivity index (χ3v) is 1.72. The van der Waals surface area contributed by atoms with Crippen molar-refractivity contribution in [2.24, 2.45) is 0 Å². The number of H-pyrrole nitrogens is 1. The summed E-state index contributed by atoms with van der Waals surface area (Å²) in [6.07, 6.45) is -1.24. The fourth-order valence-corrected chi connectivity index (χ4v) is 1.01. The van der Waals surface area contributed by atoms with Crippen LogP contribution in [0.3, 0.4) is 0 Å². The van der Waals surface area contributed by atoms with Crippen LogP contribution in [-0.2, 0) is 6.18 Å². The molecule has 7 heteroatoms. The van der Waals surface area contributed by atoms with E-state index in [1.165, 1.54) is 6.20 Å². The van der Waals surface area contributed by atoms with Gasteiger partial charge in [-0.3, -0.25) is 10.1 Å². The first-order valence-corrected chi connectivity index (χ1v) is 3.96. The number of aromatic amines is 1. The molecule has 15 heavy (non-hydrogen) atoms. The average molecular weight is 214 g/mol. The summed E-state index contributed by atoms with van der Waals surface area (Å²) in [5.74, 6) is 0. The molecule has 2 aromatic heterocycles. The van der Waals surface area contributed by atoms with Gasteiger partial charge in [-0.05, 0) is 6.07 Å². The maximum atomic E-state index is 12.1. The normalized spacial score (nSPS) is 11.7. The van der Waals surface area contributed by atoms with Crippen LogP contribution in [0.4, 0.5) is 13.2 Å². The molecule has 0 spiro atoms. The third-order valence-electron chi connectivity index (χ3n) is 1.72. The van der Waals surface area contributed by atoms with E-state index in [-0.39, 0.29) is 0 Å². The molecule has 0 aliphatic rings. The van der Waals surface area contributed by atoms with Crippen LogP contribution in [0.1, 0.15) is 5.69 Å². The SMILES string of the molecule is FC(F)(F)c1cnc(-c2ccn[nH]2)cn1. The summed E-state index contributed by atoms with van der Waals surface area (Å²) in [4.78, 5) is 6.90. The average Bonchev–Trinajstić information content (AvgIpc) is 2.69. The maximum absolute atomic E-state index is 12.1. The topological polar surface area (TPSA) is 54.5 Å². The molecule has 4 nitrogen and oxygen atoms in total. The Bertz CT molecular complexity index is 432. The van der Waals surface area contributed by atoms with Crippen LogP contribution >= 0.6 is 0 Å². The van der Waals surface area contributed by atoms with Gasteiger partial charge in [-0.15, -0.1) is 0 Å². The fraction of sp³-hybridized carbons (Fsp3) is 0.125. The van der Waals surface area contributed by atoms with Gasteiger partial charge in [0, 0.05) is 6.20 Å². The van der Waals surface area contributed by atoms with Gasteiger partial charge in [0.15, 0.2) is 5.69 Å². The minimum atomic E-state index is -4.46. The molecule has 0 saturated heterocycles. The smallest absolute Gasteiger partial charge is 0.276 e. The zero-order valence-corrected chi connectivity index (χ0v) is 7.28. The molecule has 0 aliphatic carbocycles. The first-order chi connectivity index (χ1) is 7.07. The number of halogens is 3. The standard InChI is InChI=1S/C8H5F3N4/c9-8(10,11)7-4-12-6(3-13-7)5-1-2-14-15-5/h1-4H,(H,14,15). The van der Waals surface area contributed by atoms with Gasteiger partial charge in [-0.25, -0.2) is 4.98 Å². The number of aromatic nitrogens is 4. The molecule has 0 fully saturated rings. The Hall–Kier alpha value is -1.92. The second-order valence-corrected chi connectivity index (χ2v) is 2.75. The van der Waals surface area contributed by atoms with E-state index in [0.29, 0.717) is 17.6 Å². The third kappa shape index (κ3) is 1.95. The van der Waals surface area contributed by atoms with Crippen LogP contribution in [0.2, 0.25) is 0 Å². The van der Waals surface area contributed by atoms with E-state index in [0.717, 1.165) is 6.20 Å². The first kappa shape index (κ1) is 9.63. The lowest BCUT2D eigenvalue weighted by Crippen LogP contribution is -2.08. The van der Waals surface area contributed by atoms with Crippen molar-refractivity contribution in [3.63, 3.8) is 0 Å². The highest BCUT2D eigenvalue weighted by atomic mass is 19.4. The second kappa shape index (κ2) is 3.34. The largest absolute Gasteiger partial charge is 0.434 e. The Balaban J connectivity index is 2.33. The molecule has 2 heterocycles. The lowest BCUT2D eigenvalue weighted by molar-refractivity contribution is -0.141. The summed E-state index contributed by atoms with van der Waals surface area (Å²) in [6.45, 7) is 0. The Kier molecular flexibility index (Phi) is 2.14. The van der Waals surface area contributed by atoms with Gasteiger partial charge < -0.3 is 0 Å². The molecule has 0 aliphatic heterocycles. The van der Waals surface area contributed by atoms with E-state index in [1.807, 2.05) is 0 Å². The second-order valence-electron chi connectivity index (χ2n) is 2.75. The van der Waals surface area contributed by atoms with Crippen molar-refractivity contribution in [2.75, 3.05) is 0 Å². The van der Waals surface area contributed by atoms with E-state index >= 15 is 0 Å². The van der Waals surface area contributed by atoms with Gasteiger partial charge in [-0.2, -0.15) is 18.3 Å². The van der Waals surface area contributed by atoms with Crippen LogP contribution in [-0.4, -0.2) is 20.2 Å². The summed E-state index contributed by atoms with van der Waals surface area (Å²) in [7, 11) is 0. The van der Waals surface area contributed by atoms with E-state index in [4.69, 9.17) is 0 Å². The highest BCUT2D eigenvalue weighted by Gasteiger charge is 2.32. The van der Waals surface area contributed by atoms with Crippen molar-refractivity contribution in [3.05, 3.63) is 30.4 Å². The molecule has 0 atom stereocenters. The number of nitrogens with one attached hydrogen (secondary N) is 1. The van der Waals surface area contributed by atoms with Crippen LogP contribution in [0, 0.1) is 0 Å². The summed E-state index contributed by atoms with van der Waals surface area (Å²) in [6, 6.07) is 1.59. The highest BCUT2D eigenvalue weighted by Crippen LogP contribution is 2.27. The molecule has 1 N–H and O–H groups in total. The van der Waals surface area contributed by atoms with Crippen molar-refractivity contribution in [1.82, 2.24) is 20.2 Å². The zero-order chi connectivity index (χ0) is 10.9. The van der Waals surface area contributed by atoms with E-state index in [1.54, 1.807) is 6.07 Å². The van der Waals surface area contributed by atoms with Crippen molar-refractivity contribution in [3.8, 4) is 11.4 Å². The molecule has 0 amide bonds. The predicted octanol–water partition coefficient (Wildman–Crippen LogP) is 1.89. The Labute approximate surface area is 82.2 Å². The van der Waals surface area contributed by atoms with E-state index < -0.39 is 11.9 Å². The van der Waals surface area contributed by atoms with Crippen molar-refractivity contribution in [1.29, 1.82) is 0 Å². The minimum absolute atomic E-state index is 0.320. The summed E-state index contributed by atoms with van der Waals surface area (Å²) in [5, 5.41) is 6.23. The van der Waals surface area contributed by atoms with Gasteiger partial charge in [-0.1, -0.05) is 0 Å². The molecule has 0 bridgehead atoms. The van der Waals surface area contributed by atoms with Crippen molar-refractivity contribution in [2.45, 2.75) is 6.18 Å². The first-order valence-electron chi connectivity index (χ1n) is 3.96. The fourth-order valence-electron chi connectivity index (χ4n) is 1.01. The van der Waals surface area contributed by atoms with Gasteiger partial charge in [0.2, 0.25) is 0 Å². The Morgan fingerprint density at radius 2 is 1.93 bits per heavy atom. The number of nitrogens with zero attached hydrogens (tertiary/aromatic N) is 3. The van der Waals surface area contributed by atoms with Gasteiger partial charge in [0.25, 0.3) is 0 Å². The predicted molar refractivity (Wildman–Crippen MR) is 44.6 cm³/mol. The van der Waals surface area contributed by atoms with Crippen molar-refractivity contribution >= 4 is 0 Å². The number of alkyl halides is 3. The Morgan fingerprint density at radius 1 is 1.13 bits per heavy atom. The lowest BCUT2D eigenvalue weighted by atomic mass is 10.3. The van der Waals surface area contributed by atoms with Crippen LogP contribution in [0.5, 0.6) is 0 Å². The van der Waals surface area contributed by atoms with Crippen LogP contribution < -0.4 is 0 Å². The monoisotopic (exact) mass is 214 g/mol. The maximum Gasteiger partial charge on any atom is 0.434 e. The highest BCUT2D eigenvalue weighted by molar-refractivity contribution is 5.51. The molecule has 2 rings (SSSR count). The minimum Gasteiger partial charge on any atom is -0.276 e. The van der Waals surface area contributed by atoms with Crippen molar-refractivity contribution < 1.29 is 13.2 Å². The molecular weight excluding hydrogens is 209 g/mol. The number of hydrogen-bond donors (Lipinski definition) is 1. The zero-order valence-electron chi connectivity index (χ0n) is 7.28. The van der Waals surface area contributed by atoms with E-state index in [2.05, 4.69) is 20.2 Å². The van der Waals surface area contributed by atoms with Gasteiger partial charge in [0.05, 0.1) is 18.1 Å². The molecule has 0 radical (unpaired) electrons. The van der Waals surface area contributed by atoms with Gasteiger partial charge >= 0.3 is 6.18 Å². The molecular formula is C8H5F3N4. The molecule has 0 unspecified atom stereocenters. The summed E-state index contributed by atoms with van der Waals surface area (Å²) in [5.41, 5.74) is -0.164. The van der Waals surface area contributed by atoms with Crippen LogP contribution in [0.15, 0.2) is 24.7 Å². The van der Waals surface area contributed by atoms with Gasteiger partial charge in [0.1, 0.15) is 5.69 Å². The molecule has 0 saturated carbocycles. The molecule has 78 valence electrons. The quantitative estimate of drug-likeness (QED) is 0.788. The van der Waals surface area contributed by atoms with Crippen LogP contribution in [0.25, 0.3) is 11.4 Å².